The van der Waals surface area contributed by atoms with Crippen molar-refractivity contribution in [2.45, 2.75) is 25.4 Å². The van der Waals surface area contributed by atoms with E-state index in [0.717, 1.165) is 18.3 Å². The summed E-state index contributed by atoms with van der Waals surface area (Å²) in [6.45, 7) is 0.860. The quantitative estimate of drug-likeness (QED) is 0.688. The largest absolute Gasteiger partial charge is 0.308 e. The second-order valence-corrected chi connectivity index (χ2v) is 2.85. The molecule has 0 aliphatic heterocycles. The summed E-state index contributed by atoms with van der Waals surface area (Å²) >= 11 is 0. The zero-order chi connectivity index (χ0) is 7.52. The van der Waals surface area contributed by atoms with Crippen molar-refractivity contribution in [2.24, 2.45) is 0 Å². The molecule has 2 rings (SSSR count). The van der Waals surface area contributed by atoms with E-state index in [9.17, 15) is 0 Å². The molecule has 58 valence electrons. The molecule has 0 radical (unpaired) electrons. The summed E-state index contributed by atoms with van der Waals surface area (Å²) in [7, 11) is 0. The van der Waals surface area contributed by atoms with Gasteiger partial charge in [-0.2, -0.15) is 0 Å². The van der Waals surface area contributed by atoms with Crippen LogP contribution < -0.4 is 5.32 Å². The van der Waals surface area contributed by atoms with Crippen LogP contribution in [-0.4, -0.2) is 16.0 Å². The van der Waals surface area contributed by atoms with Crippen LogP contribution >= 0.6 is 0 Å². The highest BCUT2D eigenvalue weighted by Gasteiger charge is 2.19. The third-order valence-corrected chi connectivity index (χ3v) is 1.77. The van der Waals surface area contributed by atoms with Crippen molar-refractivity contribution in [2.75, 3.05) is 0 Å². The standard InChI is InChI=1S/C8H11N3/c1-2-7(1)11-6-8-5-9-3-4-10-8/h3-5,7,11H,1-2,6H2. The monoisotopic (exact) mass is 149 g/mol. The second-order valence-electron chi connectivity index (χ2n) is 2.85. The molecule has 1 aromatic rings. The fraction of sp³-hybridized carbons (Fsp3) is 0.500. The molecule has 0 bridgehead atoms. The van der Waals surface area contributed by atoms with E-state index in [-0.39, 0.29) is 0 Å². The smallest absolute Gasteiger partial charge is 0.0724 e. The van der Waals surface area contributed by atoms with Gasteiger partial charge in [0.1, 0.15) is 0 Å². The molecule has 1 heterocycles. The first-order valence-electron chi connectivity index (χ1n) is 3.93. The average Bonchev–Trinajstić information content (AvgIpc) is 2.86. The van der Waals surface area contributed by atoms with Gasteiger partial charge in [0.2, 0.25) is 0 Å². The van der Waals surface area contributed by atoms with E-state index in [4.69, 9.17) is 0 Å². The van der Waals surface area contributed by atoms with Crippen LogP contribution in [0.4, 0.5) is 0 Å². The Labute approximate surface area is 65.9 Å². The van der Waals surface area contributed by atoms with E-state index in [0.29, 0.717) is 0 Å². The minimum atomic E-state index is 0.747. The van der Waals surface area contributed by atoms with Gasteiger partial charge in [-0.25, -0.2) is 0 Å². The van der Waals surface area contributed by atoms with Crippen molar-refractivity contribution in [3.8, 4) is 0 Å². The van der Waals surface area contributed by atoms with E-state index in [1.807, 2.05) is 0 Å². The third kappa shape index (κ3) is 1.98. The van der Waals surface area contributed by atoms with Crippen LogP contribution in [-0.2, 0) is 6.54 Å². The minimum Gasteiger partial charge on any atom is -0.308 e. The van der Waals surface area contributed by atoms with Crippen molar-refractivity contribution in [3.63, 3.8) is 0 Å². The lowest BCUT2D eigenvalue weighted by Crippen LogP contribution is -2.16. The molecular weight excluding hydrogens is 138 g/mol. The average molecular weight is 149 g/mol. The summed E-state index contributed by atoms with van der Waals surface area (Å²) in [6, 6.07) is 0.747. The Hall–Kier alpha value is -0.960. The number of aromatic nitrogens is 2. The fourth-order valence-electron chi connectivity index (χ4n) is 0.958. The van der Waals surface area contributed by atoms with E-state index < -0.39 is 0 Å². The first kappa shape index (κ1) is 6.73. The van der Waals surface area contributed by atoms with Gasteiger partial charge in [0.15, 0.2) is 0 Å². The van der Waals surface area contributed by atoms with E-state index in [1.54, 1.807) is 18.6 Å². The van der Waals surface area contributed by atoms with Gasteiger partial charge in [-0.1, -0.05) is 0 Å². The highest BCUT2D eigenvalue weighted by atomic mass is 15.0. The molecule has 0 saturated heterocycles. The van der Waals surface area contributed by atoms with Gasteiger partial charge in [0.25, 0.3) is 0 Å². The molecule has 0 amide bonds. The van der Waals surface area contributed by atoms with Crippen molar-refractivity contribution >= 4 is 0 Å². The van der Waals surface area contributed by atoms with Gasteiger partial charge in [-0.15, -0.1) is 0 Å². The lowest BCUT2D eigenvalue weighted by Gasteiger charge is -1.99. The third-order valence-electron chi connectivity index (χ3n) is 1.77. The van der Waals surface area contributed by atoms with Gasteiger partial charge < -0.3 is 5.32 Å². The summed E-state index contributed by atoms with van der Waals surface area (Å²) in [5.41, 5.74) is 1.03. The van der Waals surface area contributed by atoms with Crippen LogP contribution in [0.5, 0.6) is 0 Å². The topological polar surface area (TPSA) is 37.8 Å². The Balaban J connectivity index is 1.85. The second kappa shape index (κ2) is 2.96. The summed E-state index contributed by atoms with van der Waals surface area (Å²) in [5, 5.41) is 3.37. The molecule has 1 N–H and O–H groups in total. The maximum atomic E-state index is 4.15. The fourth-order valence-corrected chi connectivity index (χ4v) is 0.958. The Morgan fingerprint density at radius 3 is 3.00 bits per heavy atom. The summed E-state index contributed by atoms with van der Waals surface area (Å²) in [4.78, 5) is 8.13. The van der Waals surface area contributed by atoms with Crippen LogP contribution in [0.15, 0.2) is 18.6 Å². The number of rotatable bonds is 3. The summed E-state index contributed by atoms with van der Waals surface area (Å²) in [6.07, 6.45) is 7.86. The molecule has 1 aliphatic carbocycles. The highest BCUT2D eigenvalue weighted by molar-refractivity contribution is 4.95. The Kier molecular flexibility index (Phi) is 1.81. The molecule has 1 aliphatic rings. The number of nitrogens with one attached hydrogen (secondary N) is 1. The van der Waals surface area contributed by atoms with Gasteiger partial charge in [-0.05, 0) is 12.8 Å². The first-order valence-corrected chi connectivity index (χ1v) is 3.93. The molecule has 0 spiro atoms. The lowest BCUT2D eigenvalue weighted by molar-refractivity contribution is 0.672. The highest BCUT2D eigenvalue weighted by Crippen LogP contribution is 2.18. The zero-order valence-corrected chi connectivity index (χ0v) is 6.33. The van der Waals surface area contributed by atoms with Crippen molar-refractivity contribution in [3.05, 3.63) is 24.3 Å². The van der Waals surface area contributed by atoms with Crippen LogP contribution in [0, 0.1) is 0 Å². The molecule has 3 nitrogen and oxygen atoms in total. The predicted octanol–water partition coefficient (Wildman–Crippen LogP) is 0.729. The van der Waals surface area contributed by atoms with Crippen LogP contribution in [0.2, 0.25) is 0 Å². The van der Waals surface area contributed by atoms with Gasteiger partial charge >= 0.3 is 0 Å². The molecule has 1 aromatic heterocycles. The maximum Gasteiger partial charge on any atom is 0.0724 e. The first-order chi connectivity index (χ1) is 5.45. The van der Waals surface area contributed by atoms with E-state index in [2.05, 4.69) is 15.3 Å². The normalized spacial score (nSPS) is 16.7. The van der Waals surface area contributed by atoms with E-state index in [1.165, 1.54) is 12.8 Å². The molecule has 11 heavy (non-hydrogen) atoms. The van der Waals surface area contributed by atoms with Gasteiger partial charge in [0.05, 0.1) is 5.69 Å². The molecule has 0 aromatic carbocycles. The minimum absolute atomic E-state index is 0.747. The SMILES string of the molecule is c1cnc(CNC2CC2)cn1. The van der Waals surface area contributed by atoms with Crippen molar-refractivity contribution in [1.82, 2.24) is 15.3 Å². The van der Waals surface area contributed by atoms with Crippen LogP contribution in [0.3, 0.4) is 0 Å². The zero-order valence-electron chi connectivity index (χ0n) is 6.33. The molecule has 1 fully saturated rings. The molecule has 1 saturated carbocycles. The van der Waals surface area contributed by atoms with Crippen LogP contribution in [0.1, 0.15) is 18.5 Å². The number of hydrogen-bond donors (Lipinski definition) is 1. The Bertz CT molecular complexity index is 218. The molecule has 3 heteroatoms. The molecule has 0 atom stereocenters. The van der Waals surface area contributed by atoms with Crippen molar-refractivity contribution < 1.29 is 0 Å². The number of hydrogen-bond acceptors (Lipinski definition) is 3. The van der Waals surface area contributed by atoms with Crippen molar-refractivity contribution in [1.29, 1.82) is 0 Å². The Morgan fingerprint density at radius 1 is 1.45 bits per heavy atom. The van der Waals surface area contributed by atoms with Gasteiger partial charge in [-0.3, -0.25) is 9.97 Å². The Morgan fingerprint density at radius 2 is 2.36 bits per heavy atom. The number of nitrogens with zero attached hydrogens (tertiary/aromatic N) is 2. The van der Waals surface area contributed by atoms with Gasteiger partial charge in [0, 0.05) is 31.2 Å². The lowest BCUT2D eigenvalue weighted by atomic mass is 10.4. The molecule has 0 unspecified atom stereocenters. The maximum absolute atomic E-state index is 4.15. The molecular formula is C8H11N3. The van der Waals surface area contributed by atoms with E-state index >= 15 is 0 Å². The predicted molar refractivity (Wildman–Crippen MR) is 41.9 cm³/mol. The summed E-state index contributed by atoms with van der Waals surface area (Å²) in [5.74, 6) is 0. The van der Waals surface area contributed by atoms with Crippen LogP contribution in [0.25, 0.3) is 0 Å². The summed E-state index contributed by atoms with van der Waals surface area (Å²) < 4.78 is 0.